The lowest BCUT2D eigenvalue weighted by molar-refractivity contribution is 0.0615. The highest BCUT2D eigenvalue weighted by Gasteiger charge is 2.28. The molecule has 1 aromatic heterocycles. The molecule has 1 saturated carbocycles. The SMILES string of the molecule is Cc1c(N(C)C)c2cc(C(=O)N3CCN(CCO)CC3)cc(NCc3ccc(F)cc3)c2n1CC1CC1. The van der Waals surface area contributed by atoms with Gasteiger partial charge >= 0.3 is 0 Å². The molecule has 0 atom stereocenters. The quantitative estimate of drug-likeness (QED) is 0.460. The van der Waals surface area contributed by atoms with Gasteiger partial charge in [0.25, 0.3) is 5.91 Å². The van der Waals surface area contributed by atoms with Crippen molar-refractivity contribution in [1.82, 2.24) is 14.4 Å². The van der Waals surface area contributed by atoms with Gasteiger partial charge in [0.2, 0.25) is 0 Å². The Labute approximate surface area is 218 Å². The van der Waals surface area contributed by atoms with Gasteiger partial charge in [-0.25, -0.2) is 4.39 Å². The normalized spacial score (nSPS) is 16.4. The number of fused-ring (bicyclic) bond motifs is 1. The maximum Gasteiger partial charge on any atom is 0.254 e. The van der Waals surface area contributed by atoms with E-state index in [9.17, 15) is 14.3 Å². The highest BCUT2D eigenvalue weighted by molar-refractivity contribution is 6.08. The molecule has 1 amide bonds. The maximum absolute atomic E-state index is 13.7. The number of carbonyl (C=O) groups is 1. The largest absolute Gasteiger partial charge is 0.395 e. The first-order valence-electron chi connectivity index (χ1n) is 13.3. The minimum Gasteiger partial charge on any atom is -0.395 e. The average Bonchev–Trinajstić information content (AvgIpc) is 3.66. The van der Waals surface area contributed by atoms with E-state index in [1.807, 2.05) is 11.0 Å². The van der Waals surface area contributed by atoms with E-state index in [2.05, 4.69) is 46.8 Å². The van der Waals surface area contributed by atoms with E-state index in [0.717, 1.165) is 47.5 Å². The van der Waals surface area contributed by atoms with Crippen LogP contribution in [0.1, 0.15) is 34.5 Å². The van der Waals surface area contributed by atoms with Crippen molar-refractivity contribution < 1.29 is 14.3 Å². The first-order valence-corrected chi connectivity index (χ1v) is 13.3. The van der Waals surface area contributed by atoms with Crippen molar-refractivity contribution in [1.29, 1.82) is 0 Å². The summed E-state index contributed by atoms with van der Waals surface area (Å²) in [6.45, 7) is 7.30. The molecule has 1 aliphatic heterocycles. The number of carbonyl (C=O) groups excluding carboxylic acids is 1. The second-order valence-electron chi connectivity index (χ2n) is 10.6. The number of β-amino-alcohol motifs (C(OH)–C–C–N with tert-alkyl or cyclic N) is 1. The van der Waals surface area contributed by atoms with E-state index in [1.165, 1.54) is 30.7 Å². The topological polar surface area (TPSA) is 64.0 Å². The van der Waals surface area contributed by atoms with Crippen molar-refractivity contribution in [2.24, 2.45) is 5.92 Å². The van der Waals surface area contributed by atoms with Crippen molar-refractivity contribution in [3.63, 3.8) is 0 Å². The summed E-state index contributed by atoms with van der Waals surface area (Å²) in [5.74, 6) is 0.487. The number of rotatable bonds is 9. The van der Waals surface area contributed by atoms with Crippen LogP contribution in [-0.4, -0.2) is 78.8 Å². The number of aliphatic hydroxyl groups excluding tert-OH is 1. The number of hydrogen-bond acceptors (Lipinski definition) is 5. The van der Waals surface area contributed by atoms with Gasteiger partial charge in [0.1, 0.15) is 5.82 Å². The van der Waals surface area contributed by atoms with Gasteiger partial charge in [-0.05, 0) is 55.5 Å². The number of amides is 1. The van der Waals surface area contributed by atoms with Crippen LogP contribution in [0.5, 0.6) is 0 Å². The van der Waals surface area contributed by atoms with Crippen LogP contribution in [0.3, 0.4) is 0 Å². The summed E-state index contributed by atoms with van der Waals surface area (Å²) in [4.78, 5) is 20.0. The van der Waals surface area contributed by atoms with E-state index in [1.54, 1.807) is 12.1 Å². The Balaban J connectivity index is 1.54. The fourth-order valence-corrected chi connectivity index (χ4v) is 5.50. The molecule has 0 unspecified atom stereocenters. The van der Waals surface area contributed by atoms with Crippen LogP contribution in [0.15, 0.2) is 36.4 Å². The Hall–Kier alpha value is -3.10. The zero-order valence-corrected chi connectivity index (χ0v) is 22.1. The lowest BCUT2D eigenvalue weighted by atomic mass is 10.1. The fourth-order valence-electron chi connectivity index (χ4n) is 5.50. The first kappa shape index (κ1) is 25.5. The molecular weight excluding hydrogens is 469 g/mol. The average molecular weight is 508 g/mol. The molecule has 2 N–H and O–H groups in total. The molecule has 0 radical (unpaired) electrons. The molecule has 1 saturated heterocycles. The summed E-state index contributed by atoms with van der Waals surface area (Å²) in [7, 11) is 4.12. The van der Waals surface area contributed by atoms with Crippen molar-refractivity contribution in [2.75, 3.05) is 63.6 Å². The van der Waals surface area contributed by atoms with Gasteiger partial charge < -0.3 is 24.8 Å². The summed E-state index contributed by atoms with van der Waals surface area (Å²) in [5, 5.41) is 13.9. The van der Waals surface area contributed by atoms with Crippen LogP contribution in [0.4, 0.5) is 15.8 Å². The molecule has 2 heterocycles. The van der Waals surface area contributed by atoms with Crippen LogP contribution in [0.25, 0.3) is 10.9 Å². The predicted molar refractivity (Wildman–Crippen MR) is 147 cm³/mol. The number of nitrogens with zero attached hydrogens (tertiary/aromatic N) is 4. The molecule has 2 fully saturated rings. The lowest BCUT2D eigenvalue weighted by Gasteiger charge is -2.34. The van der Waals surface area contributed by atoms with E-state index in [4.69, 9.17) is 0 Å². The van der Waals surface area contributed by atoms with Crippen LogP contribution in [-0.2, 0) is 13.1 Å². The third kappa shape index (κ3) is 5.45. The Kier molecular flexibility index (Phi) is 7.40. The third-order valence-corrected chi connectivity index (χ3v) is 7.69. The summed E-state index contributed by atoms with van der Waals surface area (Å²) < 4.78 is 15.9. The first-order chi connectivity index (χ1) is 17.9. The summed E-state index contributed by atoms with van der Waals surface area (Å²) in [6, 6.07) is 10.6. The van der Waals surface area contributed by atoms with E-state index < -0.39 is 0 Å². The Morgan fingerprint density at radius 1 is 1.11 bits per heavy atom. The van der Waals surface area contributed by atoms with Gasteiger partial charge in [0.15, 0.2) is 0 Å². The monoisotopic (exact) mass is 507 g/mol. The second-order valence-corrected chi connectivity index (χ2v) is 10.6. The molecule has 37 heavy (non-hydrogen) atoms. The number of hydrogen-bond donors (Lipinski definition) is 2. The Morgan fingerprint density at radius 3 is 2.43 bits per heavy atom. The summed E-state index contributed by atoms with van der Waals surface area (Å²) in [6.07, 6.45) is 2.52. The van der Waals surface area contributed by atoms with E-state index >= 15 is 0 Å². The van der Waals surface area contributed by atoms with Crippen LogP contribution >= 0.6 is 0 Å². The van der Waals surface area contributed by atoms with Gasteiger partial charge in [0, 0.05) is 76.6 Å². The summed E-state index contributed by atoms with van der Waals surface area (Å²) in [5.41, 5.74) is 6.06. The van der Waals surface area contributed by atoms with Crippen molar-refractivity contribution in [3.05, 3.63) is 59.0 Å². The maximum atomic E-state index is 13.7. The van der Waals surface area contributed by atoms with Gasteiger partial charge in [-0.15, -0.1) is 0 Å². The number of aromatic nitrogens is 1. The molecule has 2 aliphatic rings. The molecule has 5 rings (SSSR count). The van der Waals surface area contributed by atoms with Crippen LogP contribution in [0.2, 0.25) is 0 Å². The molecular formula is C29H38FN5O2. The van der Waals surface area contributed by atoms with Gasteiger partial charge in [-0.1, -0.05) is 12.1 Å². The van der Waals surface area contributed by atoms with Crippen molar-refractivity contribution in [3.8, 4) is 0 Å². The summed E-state index contributed by atoms with van der Waals surface area (Å²) >= 11 is 0. The standard InChI is InChI=1S/C29H38FN5O2/c1-20-27(32(2)3)25-16-23(29(37)34-12-10-33(11-13-34)14-15-36)17-26(28(25)35(20)19-22-4-5-22)31-18-21-6-8-24(30)9-7-21/h6-9,16-17,22,31,36H,4-5,10-15,18-19H2,1-3H3. The van der Waals surface area contributed by atoms with Crippen LogP contribution < -0.4 is 10.2 Å². The second kappa shape index (κ2) is 10.7. The third-order valence-electron chi connectivity index (χ3n) is 7.69. The highest BCUT2D eigenvalue weighted by Crippen LogP contribution is 2.41. The van der Waals surface area contributed by atoms with Crippen LogP contribution in [0, 0.1) is 18.7 Å². The van der Waals surface area contributed by atoms with E-state index in [0.29, 0.717) is 37.7 Å². The molecule has 8 heteroatoms. The molecule has 7 nitrogen and oxygen atoms in total. The van der Waals surface area contributed by atoms with Crippen molar-refractivity contribution in [2.45, 2.75) is 32.9 Å². The minimum absolute atomic E-state index is 0.0349. The van der Waals surface area contributed by atoms with Gasteiger partial charge in [0.05, 0.1) is 23.5 Å². The molecule has 1 aliphatic carbocycles. The highest BCUT2D eigenvalue weighted by atomic mass is 19.1. The number of aliphatic hydroxyl groups is 1. The molecule has 0 spiro atoms. The van der Waals surface area contributed by atoms with Gasteiger partial charge in [-0.2, -0.15) is 0 Å². The minimum atomic E-state index is -0.248. The molecule has 198 valence electrons. The zero-order chi connectivity index (χ0) is 26.1. The molecule has 0 bridgehead atoms. The smallest absolute Gasteiger partial charge is 0.254 e. The number of nitrogens with one attached hydrogen (secondary N) is 1. The zero-order valence-electron chi connectivity index (χ0n) is 22.1. The Morgan fingerprint density at radius 2 is 1.81 bits per heavy atom. The predicted octanol–water partition coefficient (Wildman–Crippen LogP) is 3.93. The molecule has 2 aromatic carbocycles. The van der Waals surface area contributed by atoms with Crippen molar-refractivity contribution >= 4 is 28.2 Å². The number of piperazine rings is 1. The number of halogens is 1. The van der Waals surface area contributed by atoms with Gasteiger partial charge in [-0.3, -0.25) is 9.69 Å². The Bertz CT molecular complexity index is 1260. The lowest BCUT2D eigenvalue weighted by Crippen LogP contribution is -2.49. The van der Waals surface area contributed by atoms with E-state index in [-0.39, 0.29) is 18.3 Å². The fraction of sp³-hybridized carbons (Fsp3) is 0.483. The number of benzene rings is 2. The number of anilines is 2. The molecule has 3 aromatic rings.